The summed E-state index contributed by atoms with van der Waals surface area (Å²) in [7, 11) is 0. The largest absolute Gasteiger partial charge is 0.416 e. The number of nitrogens with one attached hydrogen (secondary N) is 1. The lowest BCUT2D eigenvalue weighted by atomic mass is 10.1. The van der Waals surface area contributed by atoms with Gasteiger partial charge in [-0.25, -0.2) is 9.97 Å². The van der Waals surface area contributed by atoms with Crippen LogP contribution in [0, 0.1) is 6.92 Å². The van der Waals surface area contributed by atoms with Gasteiger partial charge in [-0.15, -0.1) is 0 Å². The first-order valence-corrected chi connectivity index (χ1v) is 8.83. The number of aryl methyl sites for hydroxylation is 1. The Morgan fingerprint density at radius 3 is 2.44 bits per heavy atom. The van der Waals surface area contributed by atoms with Crippen molar-refractivity contribution in [2.45, 2.75) is 38.9 Å². The minimum atomic E-state index is -4.38. The summed E-state index contributed by atoms with van der Waals surface area (Å²) < 4.78 is 37.7. The molecular formula is C19H21F3N4O. The van der Waals surface area contributed by atoms with E-state index in [2.05, 4.69) is 20.2 Å². The third kappa shape index (κ3) is 5.18. The van der Waals surface area contributed by atoms with Gasteiger partial charge < -0.3 is 10.2 Å². The molecule has 5 nitrogen and oxygen atoms in total. The highest BCUT2D eigenvalue weighted by atomic mass is 19.4. The number of halogens is 3. The topological polar surface area (TPSA) is 58.1 Å². The molecule has 1 aromatic heterocycles. The average Bonchev–Trinajstić information content (AvgIpc) is 3.14. The average molecular weight is 378 g/mol. The maximum absolute atomic E-state index is 12.6. The number of carbonyl (C=O) groups excluding carboxylic acids is 1. The first kappa shape index (κ1) is 19.1. The van der Waals surface area contributed by atoms with Gasteiger partial charge in [0.2, 0.25) is 11.9 Å². The van der Waals surface area contributed by atoms with Crippen molar-refractivity contribution < 1.29 is 18.0 Å². The predicted molar refractivity (Wildman–Crippen MR) is 95.2 cm³/mol. The number of anilines is 1. The molecule has 0 bridgehead atoms. The number of amides is 1. The van der Waals surface area contributed by atoms with Crippen LogP contribution in [-0.2, 0) is 23.9 Å². The van der Waals surface area contributed by atoms with E-state index in [9.17, 15) is 18.0 Å². The van der Waals surface area contributed by atoms with E-state index in [4.69, 9.17) is 0 Å². The molecule has 0 aliphatic carbocycles. The summed E-state index contributed by atoms with van der Waals surface area (Å²) in [5.74, 6) is 0.410. The number of benzene rings is 1. The molecule has 2 aromatic rings. The van der Waals surface area contributed by atoms with Crippen LogP contribution in [0.4, 0.5) is 19.1 Å². The van der Waals surface area contributed by atoms with Crippen LogP contribution < -0.4 is 10.2 Å². The zero-order chi connectivity index (χ0) is 19.4. The molecule has 1 aromatic carbocycles. The van der Waals surface area contributed by atoms with Crippen molar-refractivity contribution in [1.29, 1.82) is 0 Å². The number of nitrogens with zero attached hydrogens (tertiary/aromatic N) is 3. The second-order valence-corrected chi connectivity index (χ2v) is 6.64. The van der Waals surface area contributed by atoms with Crippen molar-refractivity contribution in [1.82, 2.24) is 15.3 Å². The van der Waals surface area contributed by atoms with Crippen molar-refractivity contribution in [3.05, 3.63) is 52.8 Å². The molecule has 27 heavy (non-hydrogen) atoms. The Balaban J connectivity index is 1.57. The number of hydrogen-bond donors (Lipinski definition) is 1. The Bertz CT molecular complexity index is 800. The summed E-state index contributed by atoms with van der Waals surface area (Å²) in [4.78, 5) is 23.2. The van der Waals surface area contributed by atoms with Crippen molar-refractivity contribution in [2.75, 3.05) is 18.0 Å². The van der Waals surface area contributed by atoms with Gasteiger partial charge in [0.15, 0.2) is 0 Å². The van der Waals surface area contributed by atoms with Crippen LogP contribution in [0.15, 0.2) is 30.3 Å². The molecule has 0 spiro atoms. The molecule has 1 N–H and O–H groups in total. The lowest BCUT2D eigenvalue weighted by molar-refractivity contribution is -0.137. The highest BCUT2D eigenvalue weighted by Gasteiger charge is 2.29. The van der Waals surface area contributed by atoms with Crippen LogP contribution in [0.3, 0.4) is 0 Å². The van der Waals surface area contributed by atoms with E-state index in [0.717, 1.165) is 43.8 Å². The fraction of sp³-hybridized carbons (Fsp3) is 0.421. The van der Waals surface area contributed by atoms with Crippen molar-refractivity contribution in [2.24, 2.45) is 0 Å². The van der Waals surface area contributed by atoms with E-state index >= 15 is 0 Å². The van der Waals surface area contributed by atoms with Gasteiger partial charge in [0.1, 0.15) is 0 Å². The zero-order valence-electron chi connectivity index (χ0n) is 15.0. The van der Waals surface area contributed by atoms with Crippen molar-refractivity contribution in [3.63, 3.8) is 0 Å². The van der Waals surface area contributed by atoms with E-state index in [0.29, 0.717) is 17.2 Å². The summed E-state index contributed by atoms with van der Waals surface area (Å²) in [6.07, 6.45) is -2.12. The van der Waals surface area contributed by atoms with E-state index in [-0.39, 0.29) is 18.9 Å². The standard InChI is InChI=1S/C19H21F3N4O/c1-13-10-16(25-18(24-13)26-8-2-3-9-26)12-23-17(27)11-14-4-6-15(7-5-14)19(20,21)22/h4-7,10H,2-3,8-9,11-12H2,1H3,(H,23,27). The molecule has 0 unspecified atom stereocenters. The molecular weight excluding hydrogens is 357 g/mol. The smallest absolute Gasteiger partial charge is 0.350 e. The van der Waals surface area contributed by atoms with Crippen LogP contribution in [0.5, 0.6) is 0 Å². The molecule has 2 heterocycles. The second-order valence-electron chi connectivity index (χ2n) is 6.64. The van der Waals surface area contributed by atoms with Gasteiger partial charge >= 0.3 is 6.18 Å². The first-order valence-electron chi connectivity index (χ1n) is 8.83. The number of aromatic nitrogens is 2. The molecule has 1 saturated heterocycles. The Kier molecular flexibility index (Phi) is 5.62. The van der Waals surface area contributed by atoms with Gasteiger partial charge in [-0.1, -0.05) is 12.1 Å². The van der Waals surface area contributed by atoms with E-state index in [1.165, 1.54) is 12.1 Å². The molecule has 0 atom stereocenters. The van der Waals surface area contributed by atoms with E-state index < -0.39 is 11.7 Å². The first-order chi connectivity index (χ1) is 12.8. The van der Waals surface area contributed by atoms with E-state index in [1.54, 1.807) is 0 Å². The molecule has 1 aliphatic heterocycles. The van der Waals surface area contributed by atoms with Crippen LogP contribution in [0.1, 0.15) is 35.4 Å². The van der Waals surface area contributed by atoms with Gasteiger partial charge in [-0.3, -0.25) is 4.79 Å². The maximum atomic E-state index is 12.6. The minimum Gasteiger partial charge on any atom is -0.350 e. The van der Waals surface area contributed by atoms with Gasteiger partial charge in [-0.2, -0.15) is 13.2 Å². The number of hydrogen-bond acceptors (Lipinski definition) is 4. The molecule has 0 saturated carbocycles. The second kappa shape index (κ2) is 7.94. The SMILES string of the molecule is Cc1cc(CNC(=O)Cc2ccc(C(F)(F)F)cc2)nc(N2CCCC2)n1. The molecule has 0 radical (unpaired) electrons. The maximum Gasteiger partial charge on any atom is 0.416 e. The van der Waals surface area contributed by atoms with Gasteiger partial charge in [0.05, 0.1) is 24.2 Å². The van der Waals surface area contributed by atoms with Gasteiger partial charge in [-0.05, 0) is 43.5 Å². The lowest BCUT2D eigenvalue weighted by Crippen LogP contribution is -2.26. The van der Waals surface area contributed by atoms with Crippen LogP contribution in [0.25, 0.3) is 0 Å². The molecule has 1 aliphatic rings. The minimum absolute atomic E-state index is 0.0151. The predicted octanol–water partition coefficient (Wildman–Crippen LogP) is 3.26. The summed E-state index contributed by atoms with van der Waals surface area (Å²) in [6.45, 7) is 4.00. The monoisotopic (exact) mass is 378 g/mol. The highest BCUT2D eigenvalue weighted by molar-refractivity contribution is 5.78. The molecule has 1 fully saturated rings. The zero-order valence-corrected chi connectivity index (χ0v) is 15.0. The van der Waals surface area contributed by atoms with Crippen molar-refractivity contribution in [3.8, 4) is 0 Å². The third-order valence-electron chi connectivity index (χ3n) is 4.40. The number of rotatable bonds is 5. The molecule has 3 rings (SSSR count). The van der Waals surface area contributed by atoms with Crippen LogP contribution >= 0.6 is 0 Å². The van der Waals surface area contributed by atoms with Crippen LogP contribution in [0.2, 0.25) is 0 Å². The number of alkyl halides is 3. The third-order valence-corrected chi connectivity index (χ3v) is 4.40. The summed E-state index contributed by atoms with van der Waals surface area (Å²) in [5.41, 5.74) is 1.35. The molecule has 1 amide bonds. The normalized spacial score (nSPS) is 14.4. The fourth-order valence-corrected chi connectivity index (χ4v) is 3.01. The van der Waals surface area contributed by atoms with Crippen molar-refractivity contribution >= 4 is 11.9 Å². The fourth-order valence-electron chi connectivity index (χ4n) is 3.01. The highest BCUT2D eigenvalue weighted by Crippen LogP contribution is 2.29. The Hall–Kier alpha value is -2.64. The Morgan fingerprint density at radius 1 is 1.15 bits per heavy atom. The lowest BCUT2D eigenvalue weighted by Gasteiger charge is -2.16. The quantitative estimate of drug-likeness (QED) is 0.868. The summed E-state index contributed by atoms with van der Waals surface area (Å²) in [6, 6.07) is 6.43. The molecule has 8 heteroatoms. The summed E-state index contributed by atoms with van der Waals surface area (Å²) >= 11 is 0. The Morgan fingerprint density at radius 2 is 1.81 bits per heavy atom. The van der Waals surface area contributed by atoms with Gasteiger partial charge in [0.25, 0.3) is 0 Å². The Labute approximate surface area is 155 Å². The number of carbonyl (C=O) groups is 1. The van der Waals surface area contributed by atoms with Crippen LogP contribution in [-0.4, -0.2) is 29.0 Å². The van der Waals surface area contributed by atoms with E-state index in [1.807, 2.05) is 13.0 Å². The van der Waals surface area contributed by atoms with Gasteiger partial charge in [0, 0.05) is 18.8 Å². The summed E-state index contributed by atoms with van der Waals surface area (Å²) in [5, 5.41) is 2.77. The molecule has 144 valence electrons.